The van der Waals surface area contributed by atoms with Gasteiger partial charge in [0.15, 0.2) is 0 Å². The number of benzene rings is 2. The minimum absolute atomic E-state index is 0.180. The fourth-order valence-corrected chi connectivity index (χ4v) is 6.20. The molecule has 0 unspecified atom stereocenters. The molecular formula is C30H29F5N6O3. The molecule has 2 aromatic carbocycles. The van der Waals surface area contributed by atoms with Crippen LogP contribution in [0.4, 0.5) is 26.7 Å². The van der Waals surface area contributed by atoms with Gasteiger partial charge in [0.2, 0.25) is 5.91 Å². The number of amides is 4. The van der Waals surface area contributed by atoms with Gasteiger partial charge in [0.1, 0.15) is 30.1 Å². The Bertz CT molecular complexity index is 1610. The highest BCUT2D eigenvalue weighted by molar-refractivity contribution is 6.10. The number of imide groups is 1. The summed E-state index contributed by atoms with van der Waals surface area (Å²) in [6.45, 7) is -0.616. The Morgan fingerprint density at radius 2 is 1.86 bits per heavy atom. The number of alkyl halides is 4. The highest BCUT2D eigenvalue weighted by atomic mass is 19.4. The van der Waals surface area contributed by atoms with Crippen molar-refractivity contribution in [2.45, 2.75) is 56.3 Å². The zero-order valence-corrected chi connectivity index (χ0v) is 23.4. The molecule has 9 nitrogen and oxygen atoms in total. The molecule has 3 atom stereocenters. The minimum Gasteiger partial charge on any atom is -0.329 e. The van der Waals surface area contributed by atoms with E-state index in [-0.39, 0.29) is 29.5 Å². The zero-order chi connectivity index (χ0) is 31.4. The van der Waals surface area contributed by atoms with Crippen LogP contribution in [0, 0.1) is 11.7 Å². The van der Waals surface area contributed by atoms with Crippen LogP contribution in [-0.2, 0) is 28.2 Å². The van der Waals surface area contributed by atoms with E-state index in [1.807, 2.05) is 0 Å². The zero-order valence-electron chi connectivity index (χ0n) is 23.4. The van der Waals surface area contributed by atoms with Gasteiger partial charge in [0.25, 0.3) is 5.91 Å². The molecule has 2 aliphatic carbocycles. The molecule has 4 amide bonds. The van der Waals surface area contributed by atoms with Gasteiger partial charge in [0.05, 0.1) is 12.7 Å². The molecule has 232 valence electrons. The van der Waals surface area contributed by atoms with Crippen molar-refractivity contribution in [1.29, 1.82) is 0 Å². The maximum atomic E-state index is 15.5. The lowest BCUT2D eigenvalue weighted by Gasteiger charge is -2.34. The van der Waals surface area contributed by atoms with Gasteiger partial charge in [-0.15, -0.1) is 0 Å². The van der Waals surface area contributed by atoms with Crippen LogP contribution in [0.5, 0.6) is 0 Å². The standard InChI is InChI=1S/C30H29F5N6O3/c31-21-6-1-17(2-7-21)14-40(26(18-3-4-18)30(33,34)35)25(42)16-41-27(43)29(38-28(41)44)12-24(32)22-11-19(5-8-23(22)29)20-13-37-39(15-20)10-9-36/h1-2,5-8,11,13,15,18,24,26H,3-4,9-10,12,14,16,36H2,(H,38,44)/t24-,26-,29+/m1/s1. The summed E-state index contributed by atoms with van der Waals surface area (Å²) in [6, 6.07) is 6.28. The molecule has 3 aliphatic rings. The van der Waals surface area contributed by atoms with E-state index in [4.69, 9.17) is 5.73 Å². The van der Waals surface area contributed by atoms with Crippen molar-refractivity contribution in [3.8, 4) is 11.1 Å². The fraction of sp³-hybridized carbons (Fsp3) is 0.400. The molecule has 2 heterocycles. The number of carbonyl (C=O) groups is 3. The number of nitrogens with two attached hydrogens (primary N) is 1. The predicted octanol–water partition coefficient (Wildman–Crippen LogP) is 4.18. The highest BCUT2D eigenvalue weighted by Crippen LogP contribution is 2.49. The van der Waals surface area contributed by atoms with E-state index in [0.717, 1.165) is 12.1 Å². The quantitative estimate of drug-likeness (QED) is 0.277. The molecule has 0 bridgehead atoms. The fourth-order valence-electron chi connectivity index (χ4n) is 6.20. The first-order valence-electron chi connectivity index (χ1n) is 14.2. The number of nitrogens with one attached hydrogen (secondary N) is 1. The predicted molar refractivity (Wildman–Crippen MR) is 147 cm³/mol. The second kappa shape index (κ2) is 11.0. The minimum atomic E-state index is -4.78. The maximum Gasteiger partial charge on any atom is 0.409 e. The van der Waals surface area contributed by atoms with Gasteiger partial charge in [-0.25, -0.2) is 13.6 Å². The van der Waals surface area contributed by atoms with Gasteiger partial charge in [-0.1, -0.05) is 24.3 Å². The van der Waals surface area contributed by atoms with Crippen LogP contribution in [0.3, 0.4) is 0 Å². The van der Waals surface area contributed by atoms with E-state index >= 15 is 4.39 Å². The number of carbonyl (C=O) groups excluding carboxylic acids is 3. The number of aromatic nitrogens is 2. The van der Waals surface area contributed by atoms with Crippen molar-refractivity contribution in [3.63, 3.8) is 0 Å². The largest absolute Gasteiger partial charge is 0.409 e. The van der Waals surface area contributed by atoms with Gasteiger partial charge in [-0.3, -0.25) is 19.2 Å². The third-order valence-electron chi connectivity index (χ3n) is 8.45. The molecule has 3 N–H and O–H groups in total. The van der Waals surface area contributed by atoms with E-state index in [1.54, 1.807) is 29.2 Å². The summed E-state index contributed by atoms with van der Waals surface area (Å²) in [7, 11) is 0. The van der Waals surface area contributed by atoms with E-state index in [2.05, 4.69) is 10.4 Å². The van der Waals surface area contributed by atoms with Gasteiger partial charge in [-0.05, 0) is 59.2 Å². The van der Waals surface area contributed by atoms with Crippen LogP contribution in [0.15, 0.2) is 54.9 Å². The van der Waals surface area contributed by atoms with Crippen LogP contribution < -0.4 is 11.1 Å². The Hall–Kier alpha value is -4.33. The third-order valence-corrected chi connectivity index (χ3v) is 8.45. The van der Waals surface area contributed by atoms with E-state index in [9.17, 15) is 31.9 Å². The summed E-state index contributed by atoms with van der Waals surface area (Å²) >= 11 is 0. The van der Waals surface area contributed by atoms with Crippen LogP contribution in [0.25, 0.3) is 11.1 Å². The third kappa shape index (κ3) is 5.31. The Morgan fingerprint density at radius 3 is 2.52 bits per heavy atom. The van der Waals surface area contributed by atoms with Crippen molar-refractivity contribution in [3.05, 3.63) is 77.4 Å². The van der Waals surface area contributed by atoms with Crippen molar-refractivity contribution in [2.24, 2.45) is 11.7 Å². The normalized spacial score (nSPS) is 22.0. The molecule has 44 heavy (non-hydrogen) atoms. The molecule has 1 aliphatic heterocycles. The summed E-state index contributed by atoms with van der Waals surface area (Å²) in [5, 5.41) is 6.74. The molecule has 6 rings (SSSR count). The maximum absolute atomic E-state index is 15.5. The van der Waals surface area contributed by atoms with Crippen LogP contribution in [0.1, 0.15) is 42.1 Å². The molecule has 1 saturated carbocycles. The molecule has 14 heteroatoms. The molecule has 2 fully saturated rings. The van der Waals surface area contributed by atoms with Crippen LogP contribution >= 0.6 is 0 Å². The Balaban J connectivity index is 1.27. The van der Waals surface area contributed by atoms with E-state index < -0.39 is 73.0 Å². The first kappa shape index (κ1) is 29.7. The van der Waals surface area contributed by atoms with Crippen molar-refractivity contribution < 1.29 is 36.3 Å². The SMILES string of the molecule is NCCn1cc(-c2ccc3c(c2)[C@H](F)C[C@]32NC(=O)N(CC(=O)N(Cc3ccc(F)cc3)[C@H](C3CC3)C(F)(F)F)C2=O)cn1. The first-order valence-corrected chi connectivity index (χ1v) is 14.2. The summed E-state index contributed by atoms with van der Waals surface area (Å²) in [5.74, 6) is -3.46. The Labute approximate surface area is 248 Å². The number of urea groups is 1. The average molecular weight is 617 g/mol. The topological polar surface area (TPSA) is 114 Å². The highest BCUT2D eigenvalue weighted by Gasteiger charge is 2.59. The van der Waals surface area contributed by atoms with Crippen LogP contribution in [0.2, 0.25) is 0 Å². The smallest absolute Gasteiger partial charge is 0.329 e. The molecule has 3 aromatic rings. The first-order chi connectivity index (χ1) is 20.9. The number of nitrogens with zero attached hydrogens (tertiary/aromatic N) is 4. The van der Waals surface area contributed by atoms with Crippen molar-refractivity contribution in [2.75, 3.05) is 13.1 Å². The Kier molecular flexibility index (Phi) is 7.42. The lowest BCUT2D eigenvalue weighted by Crippen LogP contribution is -2.53. The molecule has 0 radical (unpaired) electrons. The number of halogens is 5. The van der Waals surface area contributed by atoms with Crippen LogP contribution in [-0.4, -0.2) is 62.7 Å². The van der Waals surface area contributed by atoms with Gasteiger partial charge >= 0.3 is 12.2 Å². The van der Waals surface area contributed by atoms with Gasteiger partial charge in [-0.2, -0.15) is 18.3 Å². The summed E-state index contributed by atoms with van der Waals surface area (Å²) < 4.78 is 73.3. The number of hydrogen-bond donors (Lipinski definition) is 2. The number of fused-ring (bicyclic) bond motifs is 2. The van der Waals surface area contributed by atoms with E-state index in [1.165, 1.54) is 18.2 Å². The summed E-state index contributed by atoms with van der Waals surface area (Å²) in [4.78, 5) is 41.5. The second-order valence-electron chi connectivity index (χ2n) is 11.5. The Morgan fingerprint density at radius 1 is 1.14 bits per heavy atom. The molecular weight excluding hydrogens is 587 g/mol. The molecule has 1 spiro atoms. The van der Waals surface area contributed by atoms with E-state index in [0.29, 0.717) is 34.0 Å². The average Bonchev–Trinajstić information content (AvgIpc) is 3.55. The van der Waals surface area contributed by atoms with Crippen molar-refractivity contribution in [1.82, 2.24) is 24.9 Å². The summed E-state index contributed by atoms with van der Waals surface area (Å²) in [5.41, 5.74) is 5.73. The number of hydrogen-bond acceptors (Lipinski definition) is 5. The van der Waals surface area contributed by atoms with Gasteiger partial charge < -0.3 is 16.0 Å². The molecule has 1 saturated heterocycles. The van der Waals surface area contributed by atoms with Crippen molar-refractivity contribution >= 4 is 17.8 Å². The molecule has 1 aromatic heterocycles. The summed E-state index contributed by atoms with van der Waals surface area (Å²) in [6.07, 6.45) is -2.99. The lowest BCUT2D eigenvalue weighted by atomic mass is 9.90. The number of rotatable bonds is 9. The monoisotopic (exact) mass is 616 g/mol. The lowest BCUT2D eigenvalue weighted by molar-refractivity contribution is -0.196. The van der Waals surface area contributed by atoms with Gasteiger partial charge in [0, 0.05) is 31.3 Å². The second-order valence-corrected chi connectivity index (χ2v) is 11.5.